The van der Waals surface area contributed by atoms with Gasteiger partial charge >= 0.3 is 6.09 Å². The Kier molecular flexibility index (Phi) is 6.05. The molecule has 0 N–H and O–H groups in total. The monoisotopic (exact) mass is 344 g/mol. The number of hydrogen-bond acceptors (Lipinski definition) is 3. The Hall–Kier alpha value is -0.910. The van der Waals surface area contributed by atoms with Gasteiger partial charge in [0.2, 0.25) is 0 Å². The van der Waals surface area contributed by atoms with E-state index in [2.05, 4.69) is 11.3 Å². The van der Waals surface area contributed by atoms with Gasteiger partial charge in [-0.15, -0.1) is 0 Å². The summed E-state index contributed by atoms with van der Waals surface area (Å²) in [6.07, 6.45) is 1.36. The van der Waals surface area contributed by atoms with Crippen LogP contribution >= 0.6 is 0 Å². The second kappa shape index (κ2) is 6.91. The van der Waals surface area contributed by atoms with Crippen LogP contribution in [0, 0.1) is 5.41 Å². The Labute approximate surface area is 143 Å². The van der Waals surface area contributed by atoms with E-state index in [0.717, 1.165) is 18.6 Å². The second-order valence-corrected chi connectivity index (χ2v) is 10.5. The van der Waals surface area contributed by atoms with Crippen LogP contribution in [-0.4, -0.2) is 44.4 Å². The fraction of sp³-hybridized carbons (Fsp3) is 0.882. The van der Waals surface area contributed by atoms with Gasteiger partial charge < -0.3 is 9.64 Å². The molecule has 0 saturated carbocycles. The molecule has 1 rings (SSSR count). The molecule has 1 fully saturated rings. The van der Waals surface area contributed by atoms with E-state index in [1.165, 1.54) is 0 Å². The SMILES string of the molecule is CC(=N[S@](=O)C(C)(C)C)C1(C)CCN(C(=O)OC(C)(C)C)CC1. The highest BCUT2D eigenvalue weighted by Gasteiger charge is 2.36. The van der Waals surface area contributed by atoms with Crippen LogP contribution in [0.2, 0.25) is 0 Å². The summed E-state index contributed by atoms with van der Waals surface area (Å²) in [4.78, 5) is 13.9. The van der Waals surface area contributed by atoms with Crippen molar-refractivity contribution in [2.75, 3.05) is 13.1 Å². The van der Waals surface area contributed by atoms with Crippen LogP contribution in [0.5, 0.6) is 0 Å². The van der Waals surface area contributed by atoms with Crippen LogP contribution in [0.4, 0.5) is 4.79 Å². The predicted molar refractivity (Wildman–Crippen MR) is 96.2 cm³/mol. The summed E-state index contributed by atoms with van der Waals surface area (Å²) < 4.78 is 21.7. The molecule has 0 aliphatic carbocycles. The van der Waals surface area contributed by atoms with Gasteiger partial charge in [0.25, 0.3) is 0 Å². The van der Waals surface area contributed by atoms with E-state index >= 15 is 0 Å². The van der Waals surface area contributed by atoms with Gasteiger partial charge in [0.1, 0.15) is 16.6 Å². The summed E-state index contributed by atoms with van der Waals surface area (Å²) in [6, 6.07) is 0. The largest absolute Gasteiger partial charge is 0.444 e. The summed E-state index contributed by atoms with van der Waals surface area (Å²) in [7, 11) is -1.24. The quantitative estimate of drug-likeness (QED) is 0.713. The van der Waals surface area contributed by atoms with Crippen molar-refractivity contribution in [3.05, 3.63) is 0 Å². The molecule has 5 nitrogen and oxygen atoms in total. The van der Waals surface area contributed by atoms with Crippen LogP contribution in [0.15, 0.2) is 4.40 Å². The molecule has 1 aliphatic heterocycles. The molecule has 0 bridgehead atoms. The van der Waals surface area contributed by atoms with Crippen molar-refractivity contribution in [1.29, 1.82) is 0 Å². The van der Waals surface area contributed by atoms with E-state index in [0.29, 0.717) is 13.1 Å². The zero-order valence-electron chi connectivity index (χ0n) is 15.9. The van der Waals surface area contributed by atoms with E-state index in [-0.39, 0.29) is 16.3 Å². The highest BCUT2D eigenvalue weighted by molar-refractivity contribution is 7.85. The number of ether oxygens (including phenoxy) is 1. The third-order valence-corrected chi connectivity index (χ3v) is 5.62. The number of carbonyl (C=O) groups is 1. The highest BCUT2D eigenvalue weighted by Crippen LogP contribution is 2.34. The fourth-order valence-corrected chi connectivity index (χ4v) is 2.99. The fourth-order valence-electron chi connectivity index (χ4n) is 2.24. The van der Waals surface area contributed by atoms with Crippen molar-refractivity contribution in [1.82, 2.24) is 4.90 Å². The Bertz CT molecular complexity index is 493. The molecule has 0 spiro atoms. The maximum atomic E-state index is 12.2. The molecule has 1 atom stereocenters. The summed E-state index contributed by atoms with van der Waals surface area (Å²) in [5, 5.41) is 0. The molecule has 0 unspecified atom stereocenters. The summed E-state index contributed by atoms with van der Waals surface area (Å²) in [5.74, 6) is 0. The third kappa shape index (κ3) is 5.90. The van der Waals surface area contributed by atoms with Crippen molar-refractivity contribution in [2.45, 2.75) is 78.6 Å². The number of likely N-dealkylation sites (tertiary alicyclic amines) is 1. The molecule has 0 radical (unpaired) electrons. The predicted octanol–water partition coefficient (Wildman–Crippen LogP) is 3.95. The summed E-state index contributed by atoms with van der Waals surface area (Å²) >= 11 is 0. The lowest BCUT2D eigenvalue weighted by atomic mass is 9.77. The Morgan fingerprint density at radius 1 is 1.13 bits per heavy atom. The smallest absolute Gasteiger partial charge is 0.410 e. The van der Waals surface area contributed by atoms with Gasteiger partial charge in [-0.1, -0.05) is 6.92 Å². The van der Waals surface area contributed by atoms with E-state index in [9.17, 15) is 9.00 Å². The lowest BCUT2D eigenvalue weighted by molar-refractivity contribution is 0.0165. The Morgan fingerprint density at radius 2 is 1.61 bits per heavy atom. The molecule has 23 heavy (non-hydrogen) atoms. The van der Waals surface area contributed by atoms with Gasteiger partial charge in [0.15, 0.2) is 0 Å². The normalized spacial score (nSPS) is 21.0. The molecule has 1 saturated heterocycles. The average Bonchev–Trinajstić information content (AvgIpc) is 2.36. The maximum Gasteiger partial charge on any atom is 0.410 e. The summed E-state index contributed by atoms with van der Waals surface area (Å²) in [6.45, 7) is 16.8. The minimum atomic E-state index is -1.24. The van der Waals surface area contributed by atoms with Crippen molar-refractivity contribution >= 4 is 22.8 Å². The Morgan fingerprint density at radius 3 is 2.00 bits per heavy atom. The number of rotatable bonds is 2. The number of amides is 1. The average molecular weight is 345 g/mol. The zero-order chi connectivity index (χ0) is 18.1. The molecule has 1 amide bonds. The first-order valence-electron chi connectivity index (χ1n) is 8.20. The molecular weight excluding hydrogens is 312 g/mol. The first-order chi connectivity index (χ1) is 10.2. The molecule has 1 aliphatic rings. The molecule has 6 heteroatoms. The minimum Gasteiger partial charge on any atom is -0.444 e. The van der Waals surface area contributed by atoms with Gasteiger partial charge in [-0.25, -0.2) is 9.00 Å². The molecule has 0 aromatic heterocycles. The first-order valence-corrected chi connectivity index (χ1v) is 9.31. The number of piperidine rings is 1. The van der Waals surface area contributed by atoms with Gasteiger partial charge in [0.05, 0.1) is 4.75 Å². The van der Waals surface area contributed by atoms with Crippen LogP contribution < -0.4 is 0 Å². The van der Waals surface area contributed by atoms with Crippen molar-refractivity contribution < 1.29 is 13.7 Å². The second-order valence-electron chi connectivity index (χ2n) is 8.57. The maximum absolute atomic E-state index is 12.2. The number of carbonyl (C=O) groups excluding carboxylic acids is 1. The lowest BCUT2D eigenvalue weighted by Gasteiger charge is -2.39. The van der Waals surface area contributed by atoms with Crippen LogP contribution in [0.3, 0.4) is 0 Å². The van der Waals surface area contributed by atoms with Crippen molar-refractivity contribution in [2.24, 2.45) is 9.81 Å². The van der Waals surface area contributed by atoms with Gasteiger partial charge in [0, 0.05) is 24.2 Å². The number of nitrogens with zero attached hydrogens (tertiary/aromatic N) is 2. The van der Waals surface area contributed by atoms with Crippen molar-refractivity contribution in [3.8, 4) is 0 Å². The van der Waals surface area contributed by atoms with Crippen LogP contribution in [0.25, 0.3) is 0 Å². The molecule has 0 aromatic carbocycles. The standard InChI is InChI=1S/C17H32N2O3S/c1-13(18-23(21)16(5,6)7)17(8)9-11-19(12-10-17)14(20)22-15(2,3)4/h9-12H2,1-8H3/t23-/m1/s1. The van der Waals surface area contributed by atoms with E-state index in [1.54, 1.807) is 4.90 Å². The molecule has 1 heterocycles. The zero-order valence-corrected chi connectivity index (χ0v) is 16.7. The van der Waals surface area contributed by atoms with Crippen LogP contribution in [0.1, 0.15) is 68.2 Å². The first kappa shape index (κ1) is 20.1. The van der Waals surface area contributed by atoms with E-state index in [4.69, 9.17) is 4.74 Å². The van der Waals surface area contributed by atoms with Gasteiger partial charge in [-0.05, 0) is 61.3 Å². The van der Waals surface area contributed by atoms with Gasteiger partial charge in [-0.2, -0.15) is 4.40 Å². The van der Waals surface area contributed by atoms with Crippen molar-refractivity contribution in [3.63, 3.8) is 0 Å². The van der Waals surface area contributed by atoms with E-state index in [1.807, 2.05) is 48.5 Å². The minimum absolute atomic E-state index is 0.112. The molecule has 0 aromatic rings. The number of hydrogen-bond donors (Lipinski definition) is 0. The van der Waals surface area contributed by atoms with Crippen LogP contribution in [-0.2, 0) is 15.7 Å². The van der Waals surface area contributed by atoms with Gasteiger partial charge in [-0.3, -0.25) is 0 Å². The summed E-state index contributed by atoms with van der Waals surface area (Å²) in [5.41, 5.74) is 0.327. The highest BCUT2D eigenvalue weighted by atomic mass is 32.2. The molecular formula is C17H32N2O3S. The third-order valence-electron chi connectivity index (χ3n) is 4.14. The topological polar surface area (TPSA) is 59.0 Å². The van der Waals surface area contributed by atoms with E-state index < -0.39 is 16.6 Å². The lowest BCUT2D eigenvalue weighted by Crippen LogP contribution is -2.46. The molecule has 134 valence electrons. The Balaban J connectivity index is 2.72.